The molecule has 3 aromatic rings. The highest BCUT2D eigenvalue weighted by Gasteiger charge is 2.13. The first-order valence-corrected chi connectivity index (χ1v) is 10.7. The van der Waals surface area contributed by atoms with Crippen molar-refractivity contribution in [3.8, 4) is 0 Å². The van der Waals surface area contributed by atoms with E-state index in [0.717, 1.165) is 24.2 Å². The maximum atomic E-state index is 12.5. The Labute approximate surface area is 192 Å². The maximum absolute atomic E-state index is 12.5. The number of carbonyl (C=O) groups is 2. The summed E-state index contributed by atoms with van der Waals surface area (Å²) in [5, 5.41) is 5.64. The van der Waals surface area contributed by atoms with Crippen LogP contribution in [0.1, 0.15) is 21.5 Å². The average molecular weight is 444 g/mol. The topological polar surface area (TPSA) is 96.5 Å². The molecule has 2 heterocycles. The number of nitrogens with one attached hydrogen (secondary N) is 2. The summed E-state index contributed by atoms with van der Waals surface area (Å²) in [6.45, 7) is 4.75. The summed E-state index contributed by atoms with van der Waals surface area (Å²) in [4.78, 5) is 35.4. The summed E-state index contributed by atoms with van der Waals surface area (Å²) in [5.74, 6) is 0.140. The van der Waals surface area contributed by atoms with Crippen LogP contribution in [0.5, 0.6) is 0 Å². The number of aromatic nitrogens is 2. The predicted molar refractivity (Wildman–Crippen MR) is 128 cm³/mol. The van der Waals surface area contributed by atoms with Gasteiger partial charge in [0, 0.05) is 30.4 Å². The zero-order valence-electron chi connectivity index (χ0n) is 18.3. The number of rotatable bonds is 6. The molecular weight excluding hydrogens is 418 g/mol. The minimum absolute atomic E-state index is 0.182. The van der Waals surface area contributed by atoms with E-state index in [1.54, 1.807) is 36.7 Å². The van der Waals surface area contributed by atoms with Gasteiger partial charge < -0.3 is 20.3 Å². The molecule has 2 amide bonds. The summed E-state index contributed by atoms with van der Waals surface area (Å²) in [6.07, 6.45) is 6.29. The molecule has 0 saturated carbocycles. The second-order valence-electron chi connectivity index (χ2n) is 7.64. The third-order valence-corrected chi connectivity index (χ3v) is 5.05. The standard InChI is InChI=1S/C25H25N5O3/c1-18-4-2-6-20(14-18)24(32)29-21-7-3-5-19(15-21)8-9-23(31)28-22-16-26-25(27-17-22)30-10-12-33-13-11-30/h2-9,14-17H,10-13H2,1H3,(H,28,31)(H,29,32)/b9-8+. The number of benzene rings is 2. The largest absolute Gasteiger partial charge is 0.378 e. The smallest absolute Gasteiger partial charge is 0.255 e. The molecule has 1 fully saturated rings. The van der Waals surface area contributed by atoms with Crippen LogP contribution < -0.4 is 15.5 Å². The van der Waals surface area contributed by atoms with Crippen LogP contribution in [0.2, 0.25) is 0 Å². The minimum Gasteiger partial charge on any atom is -0.378 e. The quantitative estimate of drug-likeness (QED) is 0.566. The normalized spacial score (nSPS) is 13.7. The van der Waals surface area contributed by atoms with Crippen LogP contribution in [0, 0.1) is 6.92 Å². The van der Waals surface area contributed by atoms with E-state index in [1.807, 2.05) is 42.2 Å². The van der Waals surface area contributed by atoms with Crippen molar-refractivity contribution in [1.82, 2.24) is 9.97 Å². The van der Waals surface area contributed by atoms with Crippen LogP contribution in [-0.2, 0) is 9.53 Å². The van der Waals surface area contributed by atoms with Gasteiger partial charge in [0.25, 0.3) is 5.91 Å². The fourth-order valence-corrected chi connectivity index (χ4v) is 3.38. The summed E-state index contributed by atoms with van der Waals surface area (Å²) in [7, 11) is 0. The number of aryl methyl sites for hydroxylation is 1. The van der Waals surface area contributed by atoms with Crippen molar-refractivity contribution >= 4 is 35.2 Å². The van der Waals surface area contributed by atoms with E-state index in [0.29, 0.717) is 36.1 Å². The molecule has 33 heavy (non-hydrogen) atoms. The number of morpholine rings is 1. The van der Waals surface area contributed by atoms with Crippen molar-refractivity contribution in [2.75, 3.05) is 41.8 Å². The number of nitrogens with zero attached hydrogens (tertiary/aromatic N) is 3. The molecule has 2 aromatic carbocycles. The lowest BCUT2D eigenvalue weighted by Crippen LogP contribution is -2.37. The maximum Gasteiger partial charge on any atom is 0.255 e. The van der Waals surface area contributed by atoms with Crippen LogP contribution in [0.3, 0.4) is 0 Å². The monoisotopic (exact) mass is 443 g/mol. The van der Waals surface area contributed by atoms with Crippen molar-refractivity contribution in [3.05, 3.63) is 83.7 Å². The summed E-state index contributed by atoms with van der Waals surface area (Å²) in [6, 6.07) is 14.7. The molecule has 1 aromatic heterocycles. The lowest BCUT2D eigenvalue weighted by atomic mass is 10.1. The van der Waals surface area contributed by atoms with Crippen molar-refractivity contribution in [2.45, 2.75) is 6.92 Å². The summed E-state index contributed by atoms with van der Waals surface area (Å²) >= 11 is 0. The highest BCUT2D eigenvalue weighted by molar-refractivity contribution is 6.05. The molecule has 2 N–H and O–H groups in total. The molecule has 0 unspecified atom stereocenters. The van der Waals surface area contributed by atoms with Crippen LogP contribution in [0.25, 0.3) is 6.08 Å². The first kappa shape index (κ1) is 22.2. The predicted octanol–water partition coefficient (Wildman–Crippen LogP) is 3.53. The van der Waals surface area contributed by atoms with Crippen molar-refractivity contribution < 1.29 is 14.3 Å². The molecule has 0 bridgehead atoms. The van der Waals surface area contributed by atoms with Gasteiger partial charge in [0.1, 0.15) is 0 Å². The minimum atomic E-state index is -0.299. The van der Waals surface area contributed by atoms with E-state index >= 15 is 0 Å². The van der Waals surface area contributed by atoms with Gasteiger partial charge in [-0.3, -0.25) is 9.59 Å². The van der Waals surface area contributed by atoms with Gasteiger partial charge in [0.2, 0.25) is 11.9 Å². The van der Waals surface area contributed by atoms with Crippen molar-refractivity contribution in [3.63, 3.8) is 0 Å². The number of hydrogen-bond acceptors (Lipinski definition) is 6. The molecular formula is C25H25N5O3. The lowest BCUT2D eigenvalue weighted by molar-refractivity contribution is -0.111. The zero-order chi connectivity index (χ0) is 23.0. The lowest BCUT2D eigenvalue weighted by Gasteiger charge is -2.26. The second-order valence-corrected chi connectivity index (χ2v) is 7.64. The average Bonchev–Trinajstić information content (AvgIpc) is 2.84. The Balaban J connectivity index is 1.34. The van der Waals surface area contributed by atoms with Crippen LogP contribution >= 0.6 is 0 Å². The summed E-state index contributed by atoms with van der Waals surface area (Å²) in [5.41, 5.74) is 3.56. The van der Waals surface area contributed by atoms with Crippen molar-refractivity contribution in [2.24, 2.45) is 0 Å². The number of carbonyl (C=O) groups excluding carboxylic acids is 2. The molecule has 0 radical (unpaired) electrons. The number of anilines is 3. The highest BCUT2D eigenvalue weighted by atomic mass is 16.5. The Morgan fingerprint density at radius 2 is 1.73 bits per heavy atom. The van der Waals surface area contributed by atoms with Crippen molar-refractivity contribution in [1.29, 1.82) is 0 Å². The zero-order valence-corrected chi connectivity index (χ0v) is 18.3. The fourth-order valence-electron chi connectivity index (χ4n) is 3.38. The van der Waals surface area contributed by atoms with Gasteiger partial charge in [-0.05, 0) is 42.8 Å². The Morgan fingerprint density at radius 1 is 0.970 bits per heavy atom. The fraction of sp³-hybridized carbons (Fsp3) is 0.200. The Hall–Kier alpha value is -4.04. The molecule has 0 spiro atoms. The molecule has 1 aliphatic rings. The molecule has 8 heteroatoms. The first-order chi connectivity index (χ1) is 16.1. The van der Waals surface area contributed by atoms with E-state index in [9.17, 15) is 9.59 Å². The van der Waals surface area contributed by atoms with E-state index < -0.39 is 0 Å². The van der Waals surface area contributed by atoms with Crippen LogP contribution in [0.15, 0.2) is 67.0 Å². The second kappa shape index (κ2) is 10.5. The van der Waals surface area contributed by atoms with Gasteiger partial charge in [0.15, 0.2) is 0 Å². The van der Waals surface area contributed by atoms with Crippen LogP contribution in [0.4, 0.5) is 17.3 Å². The van der Waals surface area contributed by atoms with Gasteiger partial charge in [0.05, 0.1) is 31.3 Å². The van der Waals surface area contributed by atoms with Gasteiger partial charge in [-0.1, -0.05) is 29.8 Å². The summed E-state index contributed by atoms with van der Waals surface area (Å²) < 4.78 is 5.33. The number of amides is 2. The third kappa shape index (κ3) is 6.24. The van der Waals surface area contributed by atoms with Gasteiger partial charge in [-0.25, -0.2) is 9.97 Å². The van der Waals surface area contributed by atoms with E-state index in [1.165, 1.54) is 6.08 Å². The highest BCUT2D eigenvalue weighted by Crippen LogP contribution is 2.15. The van der Waals surface area contributed by atoms with E-state index in [2.05, 4.69) is 20.6 Å². The first-order valence-electron chi connectivity index (χ1n) is 10.7. The molecule has 8 nitrogen and oxygen atoms in total. The van der Waals surface area contributed by atoms with Gasteiger partial charge in [-0.15, -0.1) is 0 Å². The number of ether oxygens (including phenoxy) is 1. The molecule has 0 atom stereocenters. The third-order valence-electron chi connectivity index (χ3n) is 5.05. The molecule has 1 saturated heterocycles. The number of hydrogen-bond donors (Lipinski definition) is 2. The molecule has 4 rings (SSSR count). The molecule has 168 valence electrons. The van der Waals surface area contributed by atoms with Gasteiger partial charge >= 0.3 is 0 Å². The van der Waals surface area contributed by atoms with Gasteiger partial charge in [-0.2, -0.15) is 0 Å². The van der Waals surface area contributed by atoms with E-state index in [-0.39, 0.29) is 11.8 Å². The van der Waals surface area contributed by atoms with Crippen LogP contribution in [-0.4, -0.2) is 48.1 Å². The Bertz CT molecular complexity index is 1150. The molecule has 1 aliphatic heterocycles. The Kier molecular flexibility index (Phi) is 7.06. The SMILES string of the molecule is Cc1cccc(C(=O)Nc2cccc(/C=C/C(=O)Nc3cnc(N4CCOCC4)nc3)c2)c1. The van der Waals surface area contributed by atoms with E-state index in [4.69, 9.17) is 4.74 Å². The Morgan fingerprint density at radius 3 is 2.48 bits per heavy atom. The molecule has 0 aliphatic carbocycles.